The Labute approximate surface area is 177 Å². The van der Waals surface area contributed by atoms with Crippen molar-refractivity contribution < 1.29 is 9.59 Å². The van der Waals surface area contributed by atoms with Gasteiger partial charge in [0.05, 0.1) is 21.2 Å². The highest BCUT2D eigenvalue weighted by molar-refractivity contribution is 7.15. The fourth-order valence-corrected chi connectivity index (χ4v) is 3.93. The number of carbonyl (C=O) groups excluding carboxylic acids is 2. The summed E-state index contributed by atoms with van der Waals surface area (Å²) in [5.74, 6) is 5.62. The van der Waals surface area contributed by atoms with Gasteiger partial charge in [-0.3, -0.25) is 4.79 Å². The molecule has 5 N–H and O–H groups in total. The van der Waals surface area contributed by atoms with Gasteiger partial charge in [-0.15, -0.1) is 11.3 Å². The number of nitrogens with two attached hydrogens (primary N) is 1. The van der Waals surface area contributed by atoms with Gasteiger partial charge >= 0.3 is 6.03 Å². The number of nitriles is 1. The molecule has 1 unspecified atom stereocenters. The third-order valence-electron chi connectivity index (χ3n) is 4.25. The van der Waals surface area contributed by atoms with Crippen LogP contribution >= 0.6 is 22.9 Å². The summed E-state index contributed by atoms with van der Waals surface area (Å²) in [4.78, 5) is 24.9. The van der Waals surface area contributed by atoms with E-state index in [2.05, 4.69) is 27.8 Å². The molecule has 2 aromatic rings. The number of piperidine rings is 1. The zero-order valence-corrected chi connectivity index (χ0v) is 16.9. The number of nitrogens with one attached hydrogen (secondary N) is 3. The molecule has 0 spiro atoms. The Morgan fingerprint density at radius 3 is 2.83 bits per heavy atom. The maximum absolute atomic E-state index is 12.7. The highest BCUT2D eigenvalue weighted by atomic mass is 35.5. The van der Waals surface area contributed by atoms with Crippen LogP contribution in [-0.4, -0.2) is 31.1 Å². The lowest BCUT2D eigenvalue weighted by molar-refractivity contribution is 0.0935. The number of benzene rings is 1. The minimum atomic E-state index is -0.757. The van der Waals surface area contributed by atoms with E-state index in [1.165, 1.54) is 0 Å². The van der Waals surface area contributed by atoms with Crippen LogP contribution in [0.1, 0.15) is 38.5 Å². The number of nitrogens with zero attached hydrogens (tertiary/aromatic N) is 1. The highest BCUT2D eigenvalue weighted by Gasteiger charge is 2.21. The minimum Gasteiger partial charge on any atom is -0.351 e. The van der Waals surface area contributed by atoms with E-state index in [0.717, 1.165) is 30.7 Å². The quantitative estimate of drug-likeness (QED) is 0.562. The summed E-state index contributed by atoms with van der Waals surface area (Å²) in [7, 11) is 0. The molecule has 2 heterocycles. The summed E-state index contributed by atoms with van der Waals surface area (Å²) in [6.45, 7) is 1.65. The Bertz CT molecular complexity index is 1040. The fourth-order valence-electron chi connectivity index (χ4n) is 2.90. The van der Waals surface area contributed by atoms with Crippen molar-refractivity contribution in [1.82, 2.24) is 10.6 Å². The summed E-state index contributed by atoms with van der Waals surface area (Å²) in [5, 5.41) is 18.1. The number of hydrogen-bond acceptors (Lipinski definition) is 5. The van der Waals surface area contributed by atoms with Crippen LogP contribution in [0.4, 0.5) is 10.5 Å². The van der Waals surface area contributed by atoms with Gasteiger partial charge in [-0.1, -0.05) is 23.4 Å². The predicted molar refractivity (Wildman–Crippen MR) is 113 cm³/mol. The first-order valence-corrected chi connectivity index (χ1v) is 10.1. The van der Waals surface area contributed by atoms with Gasteiger partial charge in [-0.25, -0.2) is 4.79 Å². The third kappa shape index (κ3) is 5.49. The first-order valence-electron chi connectivity index (χ1n) is 8.90. The van der Waals surface area contributed by atoms with E-state index < -0.39 is 6.03 Å². The summed E-state index contributed by atoms with van der Waals surface area (Å²) in [6, 6.07) is 7.80. The van der Waals surface area contributed by atoms with Crippen molar-refractivity contribution in [2.45, 2.75) is 18.9 Å². The number of carbonyl (C=O) groups is 2. The molecule has 1 aliphatic heterocycles. The average molecular weight is 428 g/mol. The fraction of sp³-hybridized carbons (Fsp3) is 0.250. The molecule has 148 valence electrons. The first-order chi connectivity index (χ1) is 14.0. The zero-order chi connectivity index (χ0) is 20.8. The predicted octanol–water partition coefficient (Wildman–Crippen LogP) is 2.65. The average Bonchev–Trinajstić information content (AvgIpc) is 3.10. The molecule has 3 amide bonds. The normalized spacial score (nSPS) is 15.5. The van der Waals surface area contributed by atoms with Crippen LogP contribution in [0.3, 0.4) is 0 Å². The van der Waals surface area contributed by atoms with Crippen LogP contribution in [-0.2, 0) is 0 Å². The van der Waals surface area contributed by atoms with Crippen molar-refractivity contribution in [1.29, 1.82) is 5.26 Å². The highest BCUT2D eigenvalue weighted by Crippen LogP contribution is 2.27. The molecule has 0 bridgehead atoms. The number of thiophene rings is 1. The van der Waals surface area contributed by atoms with Crippen molar-refractivity contribution in [3.05, 3.63) is 50.2 Å². The molecule has 1 atom stereocenters. The Morgan fingerprint density at radius 1 is 1.31 bits per heavy atom. The molecule has 29 heavy (non-hydrogen) atoms. The van der Waals surface area contributed by atoms with E-state index in [1.807, 2.05) is 6.07 Å². The van der Waals surface area contributed by atoms with Crippen LogP contribution in [0.15, 0.2) is 24.3 Å². The summed E-state index contributed by atoms with van der Waals surface area (Å²) < 4.78 is 0. The van der Waals surface area contributed by atoms with Crippen LogP contribution < -0.4 is 21.7 Å². The molecule has 1 aromatic heterocycles. The number of anilines is 1. The molecule has 0 saturated carbocycles. The van der Waals surface area contributed by atoms with Crippen LogP contribution in [0, 0.1) is 23.2 Å². The molecular weight excluding hydrogens is 410 g/mol. The Hall–Kier alpha value is -3.04. The van der Waals surface area contributed by atoms with Crippen molar-refractivity contribution in [2.24, 2.45) is 5.73 Å². The van der Waals surface area contributed by atoms with Gasteiger partial charge in [0.2, 0.25) is 0 Å². The largest absolute Gasteiger partial charge is 0.351 e. The van der Waals surface area contributed by atoms with Crippen molar-refractivity contribution in [3.63, 3.8) is 0 Å². The number of amides is 3. The summed E-state index contributed by atoms with van der Waals surface area (Å²) in [5.41, 5.74) is 6.50. The van der Waals surface area contributed by atoms with Gasteiger partial charge in [0.1, 0.15) is 10.9 Å². The molecule has 0 aliphatic carbocycles. The lowest BCUT2D eigenvalue weighted by Gasteiger charge is -2.23. The Kier molecular flexibility index (Phi) is 6.73. The molecule has 0 radical (unpaired) electrons. The standard InChI is InChI=1S/C20H18ClN5O2S/c21-16-6-4-12(8-13(16)10-22)3-5-15-9-17(26-20(23)28)18(29-15)19(27)25-14-2-1-7-24-11-14/h4,6,8-9,14,24H,1-2,7,11H2,(H,25,27)(H3,23,26,28). The molecule has 1 fully saturated rings. The van der Waals surface area contributed by atoms with Crippen molar-refractivity contribution in [2.75, 3.05) is 18.4 Å². The number of halogens is 1. The van der Waals surface area contributed by atoms with E-state index in [4.69, 9.17) is 22.6 Å². The maximum Gasteiger partial charge on any atom is 0.316 e. The second-order valence-corrected chi connectivity index (χ2v) is 7.88. The van der Waals surface area contributed by atoms with E-state index in [-0.39, 0.29) is 11.9 Å². The lowest BCUT2D eigenvalue weighted by atomic mass is 10.1. The zero-order valence-electron chi connectivity index (χ0n) is 15.3. The molecule has 1 aliphatic rings. The number of hydrogen-bond donors (Lipinski definition) is 4. The topological polar surface area (TPSA) is 120 Å². The lowest BCUT2D eigenvalue weighted by Crippen LogP contribution is -2.45. The van der Waals surface area contributed by atoms with Gasteiger partial charge in [0, 0.05) is 18.2 Å². The van der Waals surface area contributed by atoms with Gasteiger partial charge in [0.25, 0.3) is 5.91 Å². The summed E-state index contributed by atoms with van der Waals surface area (Å²) in [6.07, 6.45) is 1.89. The summed E-state index contributed by atoms with van der Waals surface area (Å²) >= 11 is 7.09. The first kappa shape index (κ1) is 20.7. The number of urea groups is 1. The number of primary amides is 1. The SMILES string of the molecule is N#Cc1cc(C#Cc2cc(NC(N)=O)c(C(=O)NC3CCCNC3)s2)ccc1Cl. The van der Waals surface area contributed by atoms with E-state index in [0.29, 0.717) is 38.1 Å². The van der Waals surface area contributed by atoms with Crippen LogP contribution in [0.2, 0.25) is 5.02 Å². The Morgan fingerprint density at radius 2 is 2.14 bits per heavy atom. The van der Waals surface area contributed by atoms with Crippen LogP contribution in [0.25, 0.3) is 0 Å². The molecule has 9 heteroatoms. The second-order valence-electron chi connectivity index (χ2n) is 6.42. The monoisotopic (exact) mass is 427 g/mol. The molecule has 1 saturated heterocycles. The minimum absolute atomic E-state index is 0.0350. The van der Waals surface area contributed by atoms with Crippen molar-refractivity contribution in [3.8, 4) is 17.9 Å². The molecular formula is C20H18ClN5O2S. The van der Waals surface area contributed by atoms with Gasteiger partial charge in [-0.05, 0) is 43.7 Å². The molecule has 3 rings (SSSR count). The second kappa shape index (κ2) is 9.44. The smallest absolute Gasteiger partial charge is 0.316 e. The van der Waals surface area contributed by atoms with E-state index in [9.17, 15) is 9.59 Å². The van der Waals surface area contributed by atoms with E-state index >= 15 is 0 Å². The van der Waals surface area contributed by atoms with Gasteiger partial charge in [-0.2, -0.15) is 5.26 Å². The van der Waals surface area contributed by atoms with E-state index in [1.54, 1.807) is 24.3 Å². The Balaban J connectivity index is 1.84. The number of rotatable bonds is 3. The van der Waals surface area contributed by atoms with Crippen LogP contribution in [0.5, 0.6) is 0 Å². The molecule has 7 nitrogen and oxygen atoms in total. The third-order valence-corrected chi connectivity index (χ3v) is 5.62. The molecule has 1 aromatic carbocycles. The van der Waals surface area contributed by atoms with Gasteiger partial charge in [0.15, 0.2) is 0 Å². The maximum atomic E-state index is 12.7. The van der Waals surface area contributed by atoms with Gasteiger partial charge < -0.3 is 21.7 Å². The van der Waals surface area contributed by atoms with Crippen molar-refractivity contribution >= 4 is 40.6 Å².